The molecule has 4 rings (SSSR count). The lowest BCUT2D eigenvalue weighted by atomic mass is 9.84. The van der Waals surface area contributed by atoms with E-state index in [-0.39, 0.29) is 12.6 Å². The van der Waals surface area contributed by atoms with Gasteiger partial charge in [-0.15, -0.1) is 0 Å². The number of hydrogen-bond acceptors (Lipinski definition) is 4. The third kappa shape index (κ3) is 3.10. The van der Waals surface area contributed by atoms with Crippen molar-refractivity contribution in [1.29, 1.82) is 0 Å². The summed E-state index contributed by atoms with van der Waals surface area (Å²) in [4.78, 5) is 3.99. The lowest BCUT2D eigenvalue weighted by molar-refractivity contribution is -0.0296. The summed E-state index contributed by atoms with van der Waals surface area (Å²) in [7, 11) is 0. The van der Waals surface area contributed by atoms with Gasteiger partial charge in [0.1, 0.15) is 37.0 Å². The monoisotopic (exact) mass is 393 g/mol. The molecule has 0 radical (unpaired) electrons. The molecule has 1 aliphatic heterocycles. The fourth-order valence-corrected chi connectivity index (χ4v) is 3.81. The Labute approximate surface area is 159 Å². The van der Waals surface area contributed by atoms with E-state index < -0.39 is 11.7 Å². The summed E-state index contributed by atoms with van der Waals surface area (Å²) in [5, 5.41) is 5.15. The van der Waals surface area contributed by atoms with Crippen molar-refractivity contribution in [2.75, 3.05) is 6.79 Å². The summed E-state index contributed by atoms with van der Waals surface area (Å²) < 4.78 is 27.0. The topological polar surface area (TPSA) is 49.2 Å². The van der Waals surface area contributed by atoms with Crippen LogP contribution in [-0.4, -0.2) is 21.6 Å². The number of nitrogens with zero attached hydrogens (tertiary/aromatic N) is 3. The predicted molar refractivity (Wildman–Crippen MR) is 94.3 cm³/mol. The lowest BCUT2D eigenvalue weighted by Gasteiger charge is -2.34. The number of ether oxygens (including phenoxy) is 2. The van der Waals surface area contributed by atoms with Gasteiger partial charge < -0.3 is 9.47 Å². The van der Waals surface area contributed by atoms with Crippen molar-refractivity contribution in [3.63, 3.8) is 0 Å². The average molecular weight is 394 g/mol. The van der Waals surface area contributed by atoms with Gasteiger partial charge in [-0.05, 0) is 29.8 Å². The summed E-state index contributed by atoms with van der Waals surface area (Å²) in [5.74, 6) is -0.320. The number of rotatable bonds is 4. The summed E-state index contributed by atoms with van der Waals surface area (Å²) >= 11 is 12.5. The van der Waals surface area contributed by atoms with Gasteiger partial charge in [0.05, 0.1) is 6.54 Å². The first-order chi connectivity index (χ1) is 12.6. The van der Waals surface area contributed by atoms with Gasteiger partial charge in [-0.25, -0.2) is 14.1 Å². The molecule has 2 atom stereocenters. The van der Waals surface area contributed by atoms with Crippen molar-refractivity contribution >= 4 is 23.2 Å². The fourth-order valence-electron chi connectivity index (χ4n) is 3.24. The third-order valence-corrected chi connectivity index (χ3v) is 4.95. The Balaban J connectivity index is 1.85. The van der Waals surface area contributed by atoms with Crippen LogP contribution in [0.5, 0.6) is 0 Å². The molecule has 0 amide bonds. The number of halogens is 3. The first-order valence-corrected chi connectivity index (χ1v) is 8.63. The zero-order chi connectivity index (χ0) is 18.1. The quantitative estimate of drug-likeness (QED) is 0.660. The number of hydrogen-bond donors (Lipinski definition) is 0. The van der Waals surface area contributed by atoms with Gasteiger partial charge in [0.2, 0.25) is 0 Å². The minimum absolute atomic E-state index is 0.0652. The molecule has 0 spiro atoms. The molecule has 0 N–H and O–H groups in total. The van der Waals surface area contributed by atoms with Gasteiger partial charge >= 0.3 is 0 Å². The molecule has 8 heteroatoms. The van der Waals surface area contributed by atoms with E-state index in [0.717, 1.165) is 5.56 Å². The molecule has 0 bridgehead atoms. The zero-order valence-electron chi connectivity index (χ0n) is 13.5. The van der Waals surface area contributed by atoms with E-state index in [4.69, 9.17) is 32.7 Å². The lowest BCUT2D eigenvalue weighted by Crippen LogP contribution is -2.37. The van der Waals surface area contributed by atoms with Crippen LogP contribution in [0, 0.1) is 5.82 Å². The van der Waals surface area contributed by atoms with Crippen LogP contribution in [0.4, 0.5) is 4.39 Å². The second kappa shape index (κ2) is 6.96. The standard InChI is InChI=1S/C18H14Cl2FN3O2/c19-13-3-6-15(16(20)7-13)18(8-24-10-22-9-23-24)17(25-11-26-18)12-1-4-14(21)5-2-12/h1-7,9-10,17H,8,11H2. The second-order valence-corrected chi connectivity index (χ2v) is 6.81. The third-order valence-electron chi connectivity index (χ3n) is 4.40. The molecule has 2 aromatic carbocycles. The van der Waals surface area contributed by atoms with Crippen molar-refractivity contribution in [1.82, 2.24) is 14.8 Å². The van der Waals surface area contributed by atoms with Crippen LogP contribution in [0.1, 0.15) is 17.2 Å². The van der Waals surface area contributed by atoms with E-state index in [9.17, 15) is 4.39 Å². The van der Waals surface area contributed by atoms with Crippen LogP contribution in [0.25, 0.3) is 0 Å². The molecule has 2 heterocycles. The Morgan fingerprint density at radius 1 is 1.19 bits per heavy atom. The number of aromatic nitrogens is 3. The SMILES string of the molecule is Fc1ccc(C2OCOC2(Cn2cncn2)c2ccc(Cl)cc2Cl)cc1. The molecular weight excluding hydrogens is 380 g/mol. The Morgan fingerprint density at radius 3 is 2.69 bits per heavy atom. The van der Waals surface area contributed by atoms with E-state index in [1.807, 2.05) is 6.07 Å². The van der Waals surface area contributed by atoms with Crippen LogP contribution in [-0.2, 0) is 21.6 Å². The summed E-state index contributed by atoms with van der Waals surface area (Å²) in [6.45, 7) is 0.381. The molecule has 1 fully saturated rings. The van der Waals surface area contributed by atoms with Gasteiger partial charge in [-0.3, -0.25) is 0 Å². The molecule has 0 saturated carbocycles. The highest BCUT2D eigenvalue weighted by atomic mass is 35.5. The van der Waals surface area contributed by atoms with Crippen LogP contribution in [0.3, 0.4) is 0 Å². The molecule has 1 saturated heterocycles. The summed E-state index contributed by atoms with van der Waals surface area (Å²) in [6.07, 6.45) is 2.53. The highest BCUT2D eigenvalue weighted by Gasteiger charge is 2.49. The van der Waals surface area contributed by atoms with Crippen LogP contribution in [0.15, 0.2) is 55.1 Å². The van der Waals surface area contributed by atoms with Gasteiger partial charge in [0.25, 0.3) is 0 Å². The Kier molecular flexibility index (Phi) is 4.67. The molecule has 5 nitrogen and oxygen atoms in total. The van der Waals surface area contributed by atoms with Crippen LogP contribution >= 0.6 is 23.2 Å². The Hall–Kier alpha value is -1.99. The van der Waals surface area contributed by atoms with E-state index in [0.29, 0.717) is 22.2 Å². The molecule has 1 aromatic heterocycles. The molecular formula is C18H14Cl2FN3O2. The van der Waals surface area contributed by atoms with Gasteiger partial charge in [0.15, 0.2) is 0 Å². The van der Waals surface area contributed by atoms with E-state index in [2.05, 4.69) is 10.1 Å². The van der Waals surface area contributed by atoms with Crippen molar-refractivity contribution in [2.45, 2.75) is 18.2 Å². The van der Waals surface area contributed by atoms with Crippen molar-refractivity contribution in [2.24, 2.45) is 0 Å². The summed E-state index contributed by atoms with van der Waals surface area (Å²) in [6, 6.07) is 11.3. The predicted octanol–water partition coefficient (Wildman–Crippen LogP) is 4.37. The molecule has 1 aliphatic rings. The van der Waals surface area contributed by atoms with Crippen LogP contribution < -0.4 is 0 Å². The first-order valence-electron chi connectivity index (χ1n) is 7.87. The van der Waals surface area contributed by atoms with E-state index >= 15 is 0 Å². The Morgan fingerprint density at radius 2 is 2.00 bits per heavy atom. The molecule has 2 unspecified atom stereocenters. The van der Waals surface area contributed by atoms with Crippen molar-refractivity contribution in [3.8, 4) is 0 Å². The molecule has 3 aromatic rings. The highest BCUT2D eigenvalue weighted by Crippen LogP contribution is 2.49. The first kappa shape index (κ1) is 17.4. The Bertz CT molecular complexity index is 905. The number of benzene rings is 2. The maximum atomic E-state index is 13.4. The maximum absolute atomic E-state index is 13.4. The molecule has 0 aliphatic carbocycles. The van der Waals surface area contributed by atoms with E-state index in [1.54, 1.807) is 35.3 Å². The smallest absolute Gasteiger partial charge is 0.149 e. The van der Waals surface area contributed by atoms with Crippen LogP contribution in [0.2, 0.25) is 10.0 Å². The van der Waals surface area contributed by atoms with Crippen molar-refractivity contribution in [3.05, 3.63) is 82.1 Å². The van der Waals surface area contributed by atoms with Crippen molar-refractivity contribution < 1.29 is 13.9 Å². The second-order valence-electron chi connectivity index (χ2n) is 5.97. The summed E-state index contributed by atoms with van der Waals surface area (Å²) in [5.41, 5.74) is 0.522. The highest BCUT2D eigenvalue weighted by molar-refractivity contribution is 6.35. The molecule has 26 heavy (non-hydrogen) atoms. The minimum Gasteiger partial charge on any atom is -0.344 e. The van der Waals surface area contributed by atoms with Gasteiger partial charge in [0, 0.05) is 15.6 Å². The fraction of sp³-hybridized carbons (Fsp3) is 0.222. The average Bonchev–Trinajstić information content (AvgIpc) is 3.26. The minimum atomic E-state index is -0.965. The largest absolute Gasteiger partial charge is 0.344 e. The van der Waals surface area contributed by atoms with E-state index in [1.165, 1.54) is 18.5 Å². The zero-order valence-corrected chi connectivity index (χ0v) is 15.0. The van der Waals surface area contributed by atoms with Gasteiger partial charge in [-0.2, -0.15) is 5.10 Å². The maximum Gasteiger partial charge on any atom is 0.149 e. The normalized spacial score (nSPS) is 22.7. The molecule has 134 valence electrons. The van der Waals surface area contributed by atoms with Gasteiger partial charge in [-0.1, -0.05) is 41.4 Å².